The van der Waals surface area contributed by atoms with Gasteiger partial charge >= 0.3 is 0 Å². The summed E-state index contributed by atoms with van der Waals surface area (Å²) in [4.78, 5) is 1.21. The Labute approximate surface area is 129 Å². The molecule has 2 aromatic carbocycles. The van der Waals surface area contributed by atoms with Crippen molar-refractivity contribution >= 4 is 11.8 Å². The third-order valence-electron chi connectivity index (χ3n) is 3.09. The molecule has 1 N–H and O–H groups in total. The van der Waals surface area contributed by atoms with Crippen molar-refractivity contribution in [1.29, 1.82) is 0 Å². The third-order valence-corrected chi connectivity index (χ3v) is 4.31. The van der Waals surface area contributed by atoms with E-state index >= 15 is 0 Å². The molecule has 0 aromatic heterocycles. The number of rotatable bonds is 3. The number of halogens is 1. The molecule has 0 spiro atoms. The second-order valence-electron chi connectivity index (χ2n) is 4.82. The summed E-state index contributed by atoms with van der Waals surface area (Å²) < 4.78 is 13.3. The van der Waals surface area contributed by atoms with Crippen LogP contribution in [0.5, 0.6) is 0 Å². The van der Waals surface area contributed by atoms with Crippen molar-refractivity contribution in [3.63, 3.8) is 0 Å². The van der Waals surface area contributed by atoms with Gasteiger partial charge in [-0.2, -0.15) is 0 Å². The number of hydrogen-bond donors (Lipinski definition) is 1. The SMILES string of the molecule is Cc1ccc(SCc2ccc(F)cc2C#CCO)c(C)c1. The van der Waals surface area contributed by atoms with Gasteiger partial charge in [-0.25, -0.2) is 4.39 Å². The average molecular weight is 300 g/mol. The predicted molar refractivity (Wildman–Crippen MR) is 85.8 cm³/mol. The lowest BCUT2D eigenvalue weighted by Crippen LogP contribution is -1.91. The minimum absolute atomic E-state index is 0.222. The fourth-order valence-corrected chi connectivity index (χ4v) is 3.06. The van der Waals surface area contributed by atoms with Crippen molar-refractivity contribution in [2.75, 3.05) is 6.61 Å². The maximum Gasteiger partial charge on any atom is 0.124 e. The average Bonchev–Trinajstić information content (AvgIpc) is 2.45. The normalized spacial score (nSPS) is 10.1. The van der Waals surface area contributed by atoms with Crippen LogP contribution in [0.25, 0.3) is 0 Å². The van der Waals surface area contributed by atoms with Crippen LogP contribution in [0, 0.1) is 31.5 Å². The van der Waals surface area contributed by atoms with Crippen LogP contribution in [-0.4, -0.2) is 11.7 Å². The van der Waals surface area contributed by atoms with Crippen LogP contribution in [-0.2, 0) is 5.75 Å². The van der Waals surface area contributed by atoms with Gasteiger partial charge in [0.05, 0.1) is 0 Å². The van der Waals surface area contributed by atoms with E-state index in [-0.39, 0.29) is 12.4 Å². The Morgan fingerprint density at radius 2 is 1.95 bits per heavy atom. The first kappa shape index (κ1) is 15.6. The Bertz CT molecular complexity index is 698. The molecule has 0 saturated carbocycles. The lowest BCUT2D eigenvalue weighted by molar-refractivity contribution is 0.350. The standard InChI is InChI=1S/C18H17FOS/c1-13-5-8-18(14(2)10-13)21-12-16-6-7-17(19)11-15(16)4-3-9-20/h5-8,10-11,20H,9,12H2,1-2H3. The summed E-state index contributed by atoms with van der Waals surface area (Å²) in [6, 6.07) is 11.0. The second kappa shape index (κ2) is 7.31. The van der Waals surface area contributed by atoms with E-state index in [4.69, 9.17) is 5.11 Å². The van der Waals surface area contributed by atoms with Crippen LogP contribution >= 0.6 is 11.8 Å². The van der Waals surface area contributed by atoms with E-state index in [1.54, 1.807) is 17.8 Å². The minimum Gasteiger partial charge on any atom is -0.384 e. The van der Waals surface area contributed by atoms with E-state index in [1.165, 1.54) is 28.2 Å². The van der Waals surface area contributed by atoms with Gasteiger partial charge in [-0.1, -0.05) is 35.6 Å². The van der Waals surface area contributed by atoms with Gasteiger partial charge in [-0.05, 0) is 43.2 Å². The fourth-order valence-electron chi connectivity index (χ4n) is 2.04. The molecule has 0 amide bonds. The highest BCUT2D eigenvalue weighted by Crippen LogP contribution is 2.28. The summed E-state index contributed by atoms with van der Waals surface area (Å²) >= 11 is 1.71. The van der Waals surface area contributed by atoms with Gasteiger partial charge in [-0.15, -0.1) is 11.8 Å². The summed E-state index contributed by atoms with van der Waals surface area (Å²) in [5.41, 5.74) is 4.10. The molecule has 2 rings (SSSR count). The molecule has 0 bridgehead atoms. The maximum absolute atomic E-state index is 13.3. The topological polar surface area (TPSA) is 20.2 Å². The third kappa shape index (κ3) is 4.35. The lowest BCUT2D eigenvalue weighted by Gasteiger charge is -2.08. The van der Waals surface area contributed by atoms with E-state index in [9.17, 15) is 4.39 Å². The molecule has 1 nitrogen and oxygen atoms in total. The molecule has 2 aromatic rings. The van der Waals surface area contributed by atoms with Crippen LogP contribution in [0.3, 0.4) is 0 Å². The van der Waals surface area contributed by atoms with Gasteiger partial charge in [0.25, 0.3) is 0 Å². The molecule has 0 fully saturated rings. The Balaban J connectivity index is 2.19. The van der Waals surface area contributed by atoms with Crippen LogP contribution in [0.15, 0.2) is 41.3 Å². The zero-order valence-corrected chi connectivity index (χ0v) is 12.9. The van der Waals surface area contributed by atoms with Gasteiger partial charge in [0, 0.05) is 16.2 Å². The molecule has 108 valence electrons. The predicted octanol–water partition coefficient (Wildman–Crippen LogP) is 4.08. The summed E-state index contributed by atoms with van der Waals surface area (Å²) in [5, 5.41) is 8.79. The fraction of sp³-hybridized carbons (Fsp3) is 0.222. The van der Waals surface area contributed by atoms with Gasteiger partial charge in [0.1, 0.15) is 12.4 Å². The van der Waals surface area contributed by atoms with E-state index in [0.29, 0.717) is 5.56 Å². The van der Waals surface area contributed by atoms with Crippen molar-refractivity contribution in [2.45, 2.75) is 24.5 Å². The van der Waals surface area contributed by atoms with Gasteiger partial charge in [0.2, 0.25) is 0 Å². The van der Waals surface area contributed by atoms with Crippen LogP contribution in [0.1, 0.15) is 22.3 Å². The Kier molecular flexibility index (Phi) is 5.44. The number of benzene rings is 2. The largest absolute Gasteiger partial charge is 0.384 e. The number of hydrogen-bond acceptors (Lipinski definition) is 2. The highest BCUT2D eigenvalue weighted by molar-refractivity contribution is 7.98. The summed E-state index contributed by atoms with van der Waals surface area (Å²) in [5.74, 6) is 5.80. The molecule has 0 aliphatic carbocycles. The monoisotopic (exact) mass is 300 g/mol. The van der Waals surface area contributed by atoms with E-state index in [2.05, 4.69) is 43.9 Å². The number of aliphatic hydroxyl groups is 1. The van der Waals surface area contributed by atoms with Crippen molar-refractivity contribution in [3.8, 4) is 11.8 Å². The van der Waals surface area contributed by atoms with Crippen molar-refractivity contribution in [2.24, 2.45) is 0 Å². The zero-order valence-electron chi connectivity index (χ0n) is 12.1. The van der Waals surface area contributed by atoms with Crippen molar-refractivity contribution < 1.29 is 9.50 Å². The zero-order chi connectivity index (χ0) is 15.2. The van der Waals surface area contributed by atoms with Crippen LogP contribution in [0.2, 0.25) is 0 Å². The van der Waals surface area contributed by atoms with Crippen molar-refractivity contribution in [3.05, 3.63) is 64.5 Å². The molecule has 3 heteroatoms. The molecule has 0 aliphatic rings. The number of aryl methyl sites for hydroxylation is 2. The lowest BCUT2D eigenvalue weighted by atomic mass is 10.1. The van der Waals surface area contributed by atoms with E-state index in [0.717, 1.165) is 11.3 Å². The molecule has 0 radical (unpaired) electrons. The molecule has 0 heterocycles. The van der Waals surface area contributed by atoms with E-state index < -0.39 is 0 Å². The number of aliphatic hydroxyl groups excluding tert-OH is 1. The van der Waals surface area contributed by atoms with E-state index in [1.807, 2.05) is 0 Å². The first-order chi connectivity index (χ1) is 10.1. The molecular formula is C18H17FOS. The minimum atomic E-state index is -0.308. The summed E-state index contributed by atoms with van der Waals surface area (Å²) in [7, 11) is 0. The molecule has 0 atom stereocenters. The number of thioether (sulfide) groups is 1. The quantitative estimate of drug-likeness (QED) is 0.681. The molecule has 21 heavy (non-hydrogen) atoms. The second-order valence-corrected chi connectivity index (χ2v) is 5.84. The van der Waals surface area contributed by atoms with Gasteiger partial charge in [-0.3, -0.25) is 0 Å². The summed E-state index contributed by atoms with van der Waals surface area (Å²) in [6.45, 7) is 3.94. The molecule has 0 unspecified atom stereocenters. The molecule has 0 aliphatic heterocycles. The maximum atomic E-state index is 13.3. The van der Waals surface area contributed by atoms with Gasteiger partial charge in [0.15, 0.2) is 0 Å². The molecule has 0 saturated heterocycles. The smallest absolute Gasteiger partial charge is 0.124 e. The Morgan fingerprint density at radius 1 is 1.14 bits per heavy atom. The first-order valence-electron chi connectivity index (χ1n) is 6.68. The first-order valence-corrected chi connectivity index (χ1v) is 7.67. The van der Waals surface area contributed by atoms with Crippen LogP contribution in [0.4, 0.5) is 4.39 Å². The summed E-state index contributed by atoms with van der Waals surface area (Å²) in [6.07, 6.45) is 0. The Morgan fingerprint density at radius 3 is 2.67 bits per heavy atom. The highest BCUT2D eigenvalue weighted by Gasteiger charge is 2.05. The highest BCUT2D eigenvalue weighted by atomic mass is 32.2. The molecular weight excluding hydrogens is 283 g/mol. The van der Waals surface area contributed by atoms with Crippen LogP contribution < -0.4 is 0 Å². The Hall–Kier alpha value is -1.76. The van der Waals surface area contributed by atoms with Gasteiger partial charge < -0.3 is 5.11 Å². The van der Waals surface area contributed by atoms with Crippen molar-refractivity contribution in [1.82, 2.24) is 0 Å².